The van der Waals surface area contributed by atoms with E-state index in [1.54, 1.807) is 0 Å². The van der Waals surface area contributed by atoms with Crippen LogP contribution in [0, 0.1) is 0 Å². The second-order valence-corrected chi connectivity index (χ2v) is 4.30. The predicted octanol–water partition coefficient (Wildman–Crippen LogP) is 1.88. The monoisotopic (exact) mass is 252 g/mol. The van der Waals surface area contributed by atoms with Crippen molar-refractivity contribution in [3.05, 3.63) is 0 Å². The number of hydrogen-bond acceptors (Lipinski definition) is 2. The summed E-state index contributed by atoms with van der Waals surface area (Å²) in [5, 5.41) is 0. The van der Waals surface area contributed by atoms with Gasteiger partial charge in [0.05, 0.1) is 0 Å². The number of hydrogen-bond donors (Lipinski definition) is 0. The van der Waals surface area contributed by atoms with Crippen molar-refractivity contribution in [3.63, 3.8) is 0 Å². The van der Waals surface area contributed by atoms with E-state index >= 15 is 0 Å². The number of alkyl halides is 3. The Morgan fingerprint density at radius 3 is 1.94 bits per heavy atom. The van der Waals surface area contributed by atoms with Gasteiger partial charge in [-0.05, 0) is 12.8 Å². The SMILES string of the molecule is CCC(CC)N1CCN(C(=O)C(F)(F)F)CC1. The highest BCUT2D eigenvalue weighted by Crippen LogP contribution is 2.20. The van der Waals surface area contributed by atoms with Crippen LogP contribution in [0.15, 0.2) is 0 Å². The summed E-state index contributed by atoms with van der Waals surface area (Å²) in [6.45, 7) is 5.56. The lowest BCUT2D eigenvalue weighted by Crippen LogP contribution is -2.54. The minimum Gasteiger partial charge on any atom is -0.332 e. The molecule has 1 rings (SSSR count). The molecule has 100 valence electrons. The Morgan fingerprint density at radius 1 is 1.12 bits per heavy atom. The van der Waals surface area contributed by atoms with Gasteiger partial charge >= 0.3 is 12.1 Å². The second-order valence-electron chi connectivity index (χ2n) is 4.30. The van der Waals surface area contributed by atoms with Crippen LogP contribution in [-0.2, 0) is 4.79 Å². The van der Waals surface area contributed by atoms with E-state index in [-0.39, 0.29) is 13.1 Å². The lowest BCUT2D eigenvalue weighted by molar-refractivity contribution is -0.187. The van der Waals surface area contributed by atoms with Crippen LogP contribution in [0.3, 0.4) is 0 Å². The zero-order chi connectivity index (χ0) is 13.1. The van der Waals surface area contributed by atoms with E-state index in [0.717, 1.165) is 17.7 Å². The number of halogens is 3. The molecule has 0 aromatic rings. The lowest BCUT2D eigenvalue weighted by atomic mass is 10.1. The third-order valence-corrected chi connectivity index (χ3v) is 3.30. The molecule has 1 fully saturated rings. The first-order valence-corrected chi connectivity index (χ1v) is 6.00. The molecule has 0 unspecified atom stereocenters. The first-order chi connectivity index (χ1) is 7.90. The summed E-state index contributed by atoms with van der Waals surface area (Å²) in [6.07, 6.45) is -2.76. The topological polar surface area (TPSA) is 23.6 Å². The third kappa shape index (κ3) is 3.59. The average Bonchev–Trinajstić information content (AvgIpc) is 2.29. The maximum Gasteiger partial charge on any atom is 0.471 e. The van der Waals surface area contributed by atoms with Crippen LogP contribution in [0.1, 0.15) is 26.7 Å². The van der Waals surface area contributed by atoms with Crippen molar-refractivity contribution in [3.8, 4) is 0 Å². The quantitative estimate of drug-likeness (QED) is 0.765. The fraction of sp³-hybridized carbons (Fsp3) is 0.909. The average molecular weight is 252 g/mol. The molecular formula is C11H19F3N2O. The Balaban J connectivity index is 2.48. The van der Waals surface area contributed by atoms with Gasteiger partial charge in [-0.1, -0.05) is 13.8 Å². The fourth-order valence-corrected chi connectivity index (χ4v) is 2.27. The standard InChI is InChI=1S/C11H19F3N2O/c1-3-9(4-2)15-5-7-16(8-6-15)10(17)11(12,13)14/h9H,3-8H2,1-2H3. The molecule has 0 radical (unpaired) electrons. The largest absolute Gasteiger partial charge is 0.471 e. The summed E-state index contributed by atoms with van der Waals surface area (Å²) in [7, 11) is 0. The number of nitrogens with zero attached hydrogens (tertiary/aromatic N) is 2. The molecule has 0 saturated carbocycles. The summed E-state index contributed by atoms with van der Waals surface area (Å²) in [5.41, 5.74) is 0. The first-order valence-electron chi connectivity index (χ1n) is 6.00. The minimum absolute atomic E-state index is 0.175. The van der Waals surface area contributed by atoms with Crippen LogP contribution in [0.4, 0.5) is 13.2 Å². The molecule has 0 N–H and O–H groups in total. The zero-order valence-corrected chi connectivity index (χ0v) is 10.3. The molecule has 0 aromatic carbocycles. The Kier molecular flexibility index (Phi) is 4.80. The smallest absolute Gasteiger partial charge is 0.332 e. The van der Waals surface area contributed by atoms with Crippen LogP contribution < -0.4 is 0 Å². The molecule has 0 aliphatic carbocycles. The predicted molar refractivity (Wildman–Crippen MR) is 58.6 cm³/mol. The second kappa shape index (κ2) is 5.71. The summed E-state index contributed by atoms with van der Waals surface area (Å²) < 4.78 is 36.7. The highest BCUT2D eigenvalue weighted by molar-refractivity contribution is 5.81. The molecule has 6 heteroatoms. The van der Waals surface area contributed by atoms with Crippen LogP contribution in [-0.4, -0.2) is 54.1 Å². The molecule has 1 heterocycles. The van der Waals surface area contributed by atoms with Gasteiger partial charge in [0.15, 0.2) is 0 Å². The fourth-order valence-electron chi connectivity index (χ4n) is 2.27. The van der Waals surface area contributed by atoms with Gasteiger partial charge in [-0.15, -0.1) is 0 Å². The van der Waals surface area contributed by atoms with E-state index < -0.39 is 12.1 Å². The molecule has 0 atom stereocenters. The van der Waals surface area contributed by atoms with E-state index in [1.807, 2.05) is 0 Å². The molecule has 1 saturated heterocycles. The molecule has 1 aliphatic rings. The van der Waals surface area contributed by atoms with Gasteiger partial charge in [0, 0.05) is 32.2 Å². The van der Waals surface area contributed by atoms with E-state index in [2.05, 4.69) is 18.7 Å². The van der Waals surface area contributed by atoms with E-state index in [0.29, 0.717) is 19.1 Å². The normalized spacial score (nSPS) is 18.8. The Bertz CT molecular complexity index is 256. The van der Waals surface area contributed by atoms with Gasteiger partial charge in [0.1, 0.15) is 0 Å². The Labute approximate surface area is 99.6 Å². The zero-order valence-electron chi connectivity index (χ0n) is 10.3. The van der Waals surface area contributed by atoms with E-state index in [1.165, 1.54) is 0 Å². The maximum absolute atomic E-state index is 12.2. The summed E-state index contributed by atoms with van der Waals surface area (Å²) in [4.78, 5) is 14.1. The number of amides is 1. The highest BCUT2D eigenvalue weighted by atomic mass is 19.4. The minimum atomic E-state index is -4.74. The number of carbonyl (C=O) groups is 1. The lowest BCUT2D eigenvalue weighted by Gasteiger charge is -2.38. The molecule has 3 nitrogen and oxygen atoms in total. The van der Waals surface area contributed by atoms with Crippen molar-refractivity contribution in [1.29, 1.82) is 0 Å². The molecule has 1 aliphatic heterocycles. The van der Waals surface area contributed by atoms with E-state index in [4.69, 9.17) is 0 Å². The molecule has 0 bridgehead atoms. The van der Waals surface area contributed by atoms with Crippen molar-refractivity contribution in [2.45, 2.75) is 38.9 Å². The molecule has 0 spiro atoms. The van der Waals surface area contributed by atoms with Crippen molar-refractivity contribution in [1.82, 2.24) is 9.80 Å². The molecular weight excluding hydrogens is 233 g/mol. The van der Waals surface area contributed by atoms with E-state index in [9.17, 15) is 18.0 Å². The van der Waals surface area contributed by atoms with Crippen molar-refractivity contribution >= 4 is 5.91 Å². The van der Waals surface area contributed by atoms with Crippen LogP contribution in [0.2, 0.25) is 0 Å². The number of piperazine rings is 1. The number of carbonyl (C=O) groups excluding carboxylic acids is 1. The van der Waals surface area contributed by atoms with Crippen LogP contribution in [0.5, 0.6) is 0 Å². The van der Waals surface area contributed by atoms with Gasteiger partial charge in [-0.3, -0.25) is 9.69 Å². The van der Waals surface area contributed by atoms with Crippen molar-refractivity contribution in [2.24, 2.45) is 0 Å². The van der Waals surface area contributed by atoms with Gasteiger partial charge in [-0.2, -0.15) is 13.2 Å². The number of rotatable bonds is 3. The highest BCUT2D eigenvalue weighted by Gasteiger charge is 2.43. The maximum atomic E-state index is 12.2. The summed E-state index contributed by atoms with van der Waals surface area (Å²) in [6, 6.07) is 0.415. The van der Waals surface area contributed by atoms with Gasteiger partial charge in [-0.25, -0.2) is 0 Å². The van der Waals surface area contributed by atoms with Crippen molar-refractivity contribution in [2.75, 3.05) is 26.2 Å². The molecule has 1 amide bonds. The summed E-state index contributed by atoms with van der Waals surface area (Å²) in [5.74, 6) is -1.71. The Hall–Kier alpha value is -0.780. The van der Waals surface area contributed by atoms with Crippen molar-refractivity contribution < 1.29 is 18.0 Å². The Morgan fingerprint density at radius 2 is 1.59 bits per heavy atom. The molecule has 0 aromatic heterocycles. The molecule has 17 heavy (non-hydrogen) atoms. The van der Waals surface area contributed by atoms with Crippen LogP contribution >= 0.6 is 0 Å². The third-order valence-electron chi connectivity index (χ3n) is 3.30. The van der Waals surface area contributed by atoms with Gasteiger partial charge in [0.25, 0.3) is 0 Å². The first kappa shape index (κ1) is 14.3. The van der Waals surface area contributed by atoms with Crippen LogP contribution in [0.25, 0.3) is 0 Å². The summed E-state index contributed by atoms with van der Waals surface area (Å²) >= 11 is 0. The van der Waals surface area contributed by atoms with Gasteiger partial charge in [0.2, 0.25) is 0 Å². The van der Waals surface area contributed by atoms with Gasteiger partial charge < -0.3 is 4.90 Å².